The molecule has 0 aromatic carbocycles. The third-order valence-corrected chi connectivity index (χ3v) is 6.43. The predicted molar refractivity (Wildman–Crippen MR) is 135 cm³/mol. The normalized spacial score (nSPS) is 15.9. The SMILES string of the molecule is CC(=O)Nc1cc(Oc2cc3sc(Nc4cc(C(C)(C)C)n([C@H]5CCOC5)n4)nc3cn2)ccn1. The van der Waals surface area contributed by atoms with Gasteiger partial charge in [-0.15, -0.1) is 0 Å². The van der Waals surface area contributed by atoms with E-state index in [2.05, 4.69) is 57.1 Å². The highest BCUT2D eigenvalue weighted by Crippen LogP contribution is 2.34. The topological polar surface area (TPSA) is 116 Å². The minimum absolute atomic E-state index is 0.0496. The molecule has 182 valence electrons. The third kappa shape index (κ3) is 5.25. The standard InChI is InChI=1S/C24H27N7O3S/c1-14(32)27-20-9-16(5-7-25-20)34-22-10-18-17(12-26-22)28-23(35-18)29-21-11-19(24(2,3)4)31(30-21)15-6-8-33-13-15/h5,7,9-12,15H,6,8,13H2,1-4H3,(H,25,27,32)(H,28,29,30)/t15-/m0/s1. The lowest BCUT2D eigenvalue weighted by Crippen LogP contribution is -2.22. The van der Waals surface area contributed by atoms with E-state index in [1.807, 2.05) is 6.07 Å². The van der Waals surface area contributed by atoms with E-state index in [-0.39, 0.29) is 17.4 Å². The summed E-state index contributed by atoms with van der Waals surface area (Å²) in [5.41, 5.74) is 1.87. The van der Waals surface area contributed by atoms with Crippen molar-refractivity contribution in [2.75, 3.05) is 23.8 Å². The number of nitrogens with zero attached hydrogens (tertiary/aromatic N) is 5. The molecular formula is C24H27N7O3S. The second-order valence-corrected chi connectivity index (χ2v) is 10.5. The Kier molecular flexibility index (Phi) is 6.12. The highest BCUT2D eigenvalue weighted by atomic mass is 32.1. The van der Waals surface area contributed by atoms with Crippen LogP contribution in [0.2, 0.25) is 0 Å². The van der Waals surface area contributed by atoms with Gasteiger partial charge in [0, 0.05) is 49.0 Å². The maximum atomic E-state index is 11.3. The first kappa shape index (κ1) is 23.2. The van der Waals surface area contributed by atoms with Crippen molar-refractivity contribution in [1.29, 1.82) is 0 Å². The molecule has 1 saturated heterocycles. The molecule has 35 heavy (non-hydrogen) atoms. The summed E-state index contributed by atoms with van der Waals surface area (Å²) in [6, 6.07) is 7.53. The lowest BCUT2D eigenvalue weighted by atomic mass is 9.91. The molecule has 0 radical (unpaired) electrons. The van der Waals surface area contributed by atoms with Crippen molar-refractivity contribution in [2.24, 2.45) is 0 Å². The van der Waals surface area contributed by atoms with Crippen LogP contribution >= 0.6 is 11.3 Å². The molecule has 1 aliphatic rings. The minimum Gasteiger partial charge on any atom is -0.439 e. The Labute approximate surface area is 206 Å². The van der Waals surface area contributed by atoms with Gasteiger partial charge in [-0.1, -0.05) is 32.1 Å². The van der Waals surface area contributed by atoms with Crippen molar-refractivity contribution in [3.63, 3.8) is 0 Å². The van der Waals surface area contributed by atoms with Crippen LogP contribution in [0.1, 0.15) is 45.9 Å². The van der Waals surface area contributed by atoms with Crippen LogP contribution in [0.15, 0.2) is 36.7 Å². The summed E-state index contributed by atoms with van der Waals surface area (Å²) >= 11 is 1.50. The molecule has 10 nitrogen and oxygen atoms in total. The first-order valence-corrected chi connectivity index (χ1v) is 12.2. The van der Waals surface area contributed by atoms with Gasteiger partial charge in [0.1, 0.15) is 17.1 Å². The van der Waals surface area contributed by atoms with Gasteiger partial charge in [-0.05, 0) is 12.5 Å². The number of hydrogen-bond acceptors (Lipinski definition) is 9. The number of nitrogens with one attached hydrogen (secondary N) is 2. The number of pyridine rings is 2. The van der Waals surface area contributed by atoms with E-state index in [4.69, 9.17) is 14.6 Å². The molecule has 1 aliphatic heterocycles. The molecule has 0 aliphatic carbocycles. The van der Waals surface area contributed by atoms with Gasteiger partial charge in [-0.3, -0.25) is 9.48 Å². The van der Waals surface area contributed by atoms with Crippen molar-refractivity contribution in [3.8, 4) is 11.6 Å². The quantitative estimate of drug-likeness (QED) is 0.384. The van der Waals surface area contributed by atoms with Gasteiger partial charge in [-0.2, -0.15) is 5.10 Å². The summed E-state index contributed by atoms with van der Waals surface area (Å²) in [5, 5.41) is 11.6. The van der Waals surface area contributed by atoms with Crippen LogP contribution in [0.4, 0.5) is 16.8 Å². The molecule has 1 amide bonds. The average Bonchev–Trinajstić information content (AvgIpc) is 3.52. The summed E-state index contributed by atoms with van der Waals surface area (Å²) in [4.78, 5) is 24.4. The molecule has 5 heterocycles. The van der Waals surface area contributed by atoms with Gasteiger partial charge in [-0.25, -0.2) is 15.0 Å². The molecule has 0 spiro atoms. The molecule has 1 fully saturated rings. The van der Waals surface area contributed by atoms with E-state index in [0.717, 1.165) is 39.9 Å². The van der Waals surface area contributed by atoms with Crippen LogP contribution < -0.4 is 15.4 Å². The maximum Gasteiger partial charge on any atom is 0.222 e. The number of hydrogen-bond donors (Lipinski definition) is 2. The molecule has 0 unspecified atom stereocenters. The van der Waals surface area contributed by atoms with Gasteiger partial charge in [0.05, 0.1) is 23.5 Å². The largest absolute Gasteiger partial charge is 0.439 e. The summed E-state index contributed by atoms with van der Waals surface area (Å²) in [6.45, 7) is 9.44. The number of thiazole rings is 1. The van der Waals surface area contributed by atoms with Gasteiger partial charge in [0.15, 0.2) is 10.9 Å². The number of fused-ring (bicyclic) bond motifs is 1. The summed E-state index contributed by atoms with van der Waals surface area (Å²) < 4.78 is 14.5. The highest BCUT2D eigenvalue weighted by molar-refractivity contribution is 7.22. The zero-order valence-corrected chi connectivity index (χ0v) is 20.8. The fourth-order valence-corrected chi connectivity index (χ4v) is 4.76. The van der Waals surface area contributed by atoms with Crippen LogP contribution in [0, 0.1) is 0 Å². The number of anilines is 3. The number of amides is 1. The molecule has 11 heteroatoms. The number of carbonyl (C=O) groups excluding carboxylic acids is 1. The van der Waals surface area contributed by atoms with Crippen LogP contribution in [0.25, 0.3) is 10.2 Å². The van der Waals surface area contributed by atoms with Crippen molar-refractivity contribution in [3.05, 3.63) is 42.4 Å². The third-order valence-electron chi connectivity index (χ3n) is 5.50. The number of aromatic nitrogens is 5. The fraction of sp³-hybridized carbons (Fsp3) is 0.375. The van der Waals surface area contributed by atoms with Crippen LogP contribution in [0.3, 0.4) is 0 Å². The lowest BCUT2D eigenvalue weighted by molar-refractivity contribution is -0.114. The monoisotopic (exact) mass is 493 g/mol. The van der Waals surface area contributed by atoms with E-state index >= 15 is 0 Å². The Bertz CT molecular complexity index is 1370. The van der Waals surface area contributed by atoms with E-state index in [1.54, 1.807) is 24.5 Å². The van der Waals surface area contributed by atoms with Crippen molar-refractivity contribution >= 4 is 44.2 Å². The zero-order chi connectivity index (χ0) is 24.6. The summed E-state index contributed by atoms with van der Waals surface area (Å²) in [5.74, 6) is 1.92. The summed E-state index contributed by atoms with van der Waals surface area (Å²) in [7, 11) is 0. The Hall–Kier alpha value is -3.57. The zero-order valence-electron chi connectivity index (χ0n) is 20.0. The molecule has 2 N–H and O–H groups in total. The van der Waals surface area contributed by atoms with Gasteiger partial charge in [0.25, 0.3) is 0 Å². The highest BCUT2D eigenvalue weighted by Gasteiger charge is 2.28. The second kappa shape index (κ2) is 9.23. The van der Waals surface area contributed by atoms with E-state index < -0.39 is 0 Å². The van der Waals surface area contributed by atoms with Gasteiger partial charge < -0.3 is 20.1 Å². The van der Waals surface area contributed by atoms with Gasteiger partial charge in [0.2, 0.25) is 11.8 Å². The van der Waals surface area contributed by atoms with E-state index in [0.29, 0.717) is 24.1 Å². The second-order valence-electron chi connectivity index (χ2n) is 9.42. The van der Waals surface area contributed by atoms with Crippen LogP contribution in [-0.4, -0.2) is 43.9 Å². The molecule has 0 saturated carbocycles. The maximum absolute atomic E-state index is 11.3. The van der Waals surface area contributed by atoms with Crippen molar-refractivity contribution in [1.82, 2.24) is 24.7 Å². The number of rotatable bonds is 6. The molecule has 4 aromatic rings. The molecule has 4 aromatic heterocycles. The Morgan fingerprint density at radius 2 is 2.09 bits per heavy atom. The van der Waals surface area contributed by atoms with Crippen molar-refractivity contribution < 1.29 is 14.3 Å². The van der Waals surface area contributed by atoms with E-state index in [1.165, 1.54) is 18.3 Å². The Balaban J connectivity index is 1.36. The molecule has 0 bridgehead atoms. The molecule has 5 rings (SSSR count). The van der Waals surface area contributed by atoms with Crippen molar-refractivity contribution in [2.45, 2.75) is 45.6 Å². The summed E-state index contributed by atoms with van der Waals surface area (Å²) in [6.07, 6.45) is 4.21. The smallest absolute Gasteiger partial charge is 0.222 e. The number of carbonyl (C=O) groups is 1. The molecular weight excluding hydrogens is 466 g/mol. The Morgan fingerprint density at radius 1 is 1.23 bits per heavy atom. The van der Waals surface area contributed by atoms with Crippen LogP contribution in [-0.2, 0) is 14.9 Å². The molecule has 1 atom stereocenters. The fourth-order valence-electron chi connectivity index (χ4n) is 3.89. The minimum atomic E-state index is -0.199. The van der Waals surface area contributed by atoms with Crippen LogP contribution in [0.5, 0.6) is 11.6 Å². The Morgan fingerprint density at radius 3 is 2.83 bits per heavy atom. The first-order chi connectivity index (χ1) is 16.7. The first-order valence-electron chi connectivity index (χ1n) is 11.4. The lowest BCUT2D eigenvalue weighted by Gasteiger charge is -2.22. The number of ether oxygens (including phenoxy) is 2. The van der Waals surface area contributed by atoms with Gasteiger partial charge >= 0.3 is 0 Å². The van der Waals surface area contributed by atoms with E-state index in [9.17, 15) is 4.79 Å². The average molecular weight is 494 g/mol. The predicted octanol–water partition coefficient (Wildman–Crippen LogP) is 5.04.